The predicted molar refractivity (Wildman–Crippen MR) is 71.0 cm³/mol. The zero-order valence-corrected chi connectivity index (χ0v) is 10.1. The van der Waals surface area contributed by atoms with E-state index in [1.54, 1.807) is 18.7 Å². The van der Waals surface area contributed by atoms with Gasteiger partial charge in [0.15, 0.2) is 0 Å². The Morgan fingerprint density at radius 2 is 2.06 bits per heavy atom. The molecule has 4 heteroatoms. The number of hydrogen-bond donors (Lipinski definition) is 1. The molecule has 4 nitrogen and oxygen atoms in total. The molecule has 0 saturated carbocycles. The first-order chi connectivity index (χ1) is 8.77. The van der Waals surface area contributed by atoms with Crippen LogP contribution in [0.25, 0.3) is 10.8 Å². The number of benzene rings is 1. The van der Waals surface area contributed by atoms with Crippen LogP contribution in [0.2, 0.25) is 0 Å². The molecule has 2 aromatic heterocycles. The number of nitrogens with zero attached hydrogens (tertiary/aromatic N) is 3. The van der Waals surface area contributed by atoms with Crippen LogP contribution in [-0.2, 0) is 7.05 Å². The normalized spacial score (nSPS) is 12.8. The Labute approximate surface area is 105 Å². The monoisotopic (exact) mass is 238 g/mol. The van der Waals surface area contributed by atoms with Gasteiger partial charge < -0.3 is 10.3 Å². The summed E-state index contributed by atoms with van der Waals surface area (Å²) in [6.07, 6.45) is 7.22. The van der Waals surface area contributed by atoms with E-state index in [2.05, 4.69) is 16.0 Å². The molecular formula is C14H14N4. The number of fused-ring (bicyclic) bond motifs is 1. The van der Waals surface area contributed by atoms with Crippen molar-refractivity contribution in [3.05, 3.63) is 60.4 Å². The minimum atomic E-state index is -0.189. The van der Waals surface area contributed by atoms with Gasteiger partial charge in [-0.05, 0) is 17.0 Å². The molecular weight excluding hydrogens is 224 g/mol. The molecule has 0 aliphatic rings. The summed E-state index contributed by atoms with van der Waals surface area (Å²) in [5, 5.41) is 2.24. The fourth-order valence-electron chi connectivity index (χ4n) is 2.23. The minimum absolute atomic E-state index is 0.189. The topological polar surface area (TPSA) is 56.7 Å². The third-order valence-electron chi connectivity index (χ3n) is 3.23. The highest BCUT2D eigenvalue weighted by Gasteiger charge is 2.14. The summed E-state index contributed by atoms with van der Waals surface area (Å²) in [7, 11) is 1.95. The fraction of sp³-hybridized carbons (Fsp3) is 0.143. The van der Waals surface area contributed by atoms with Crippen LogP contribution in [0, 0.1) is 0 Å². The molecule has 18 heavy (non-hydrogen) atoms. The van der Waals surface area contributed by atoms with Crippen LogP contribution in [-0.4, -0.2) is 14.5 Å². The van der Waals surface area contributed by atoms with E-state index in [0.717, 1.165) is 22.0 Å². The van der Waals surface area contributed by atoms with Gasteiger partial charge in [0.2, 0.25) is 0 Å². The first-order valence-electron chi connectivity index (χ1n) is 5.82. The molecule has 0 aliphatic carbocycles. The molecule has 0 bridgehead atoms. The Balaban J connectivity index is 2.18. The van der Waals surface area contributed by atoms with Gasteiger partial charge in [0.25, 0.3) is 0 Å². The molecule has 1 unspecified atom stereocenters. The minimum Gasteiger partial charge on any atom is -0.336 e. The second-order valence-corrected chi connectivity index (χ2v) is 4.35. The van der Waals surface area contributed by atoms with Crippen molar-refractivity contribution in [3.63, 3.8) is 0 Å². The molecule has 0 fully saturated rings. The fourth-order valence-corrected chi connectivity index (χ4v) is 2.23. The summed E-state index contributed by atoms with van der Waals surface area (Å²) in [6, 6.07) is 7.94. The quantitative estimate of drug-likeness (QED) is 0.743. The largest absolute Gasteiger partial charge is 0.336 e. The van der Waals surface area contributed by atoms with Crippen molar-refractivity contribution in [1.82, 2.24) is 14.5 Å². The molecule has 3 rings (SSSR count). The van der Waals surface area contributed by atoms with Gasteiger partial charge in [-0.15, -0.1) is 0 Å². The molecule has 0 spiro atoms. The standard InChI is InChI=1S/C14H14N4/c1-18-9-17-8-13(18)14(15)11-4-2-3-10-5-6-16-7-12(10)11/h2-9,14H,15H2,1H3. The van der Waals surface area contributed by atoms with Crippen LogP contribution in [0.5, 0.6) is 0 Å². The molecule has 3 aromatic rings. The van der Waals surface area contributed by atoms with Crippen molar-refractivity contribution >= 4 is 10.8 Å². The smallest absolute Gasteiger partial charge is 0.0946 e. The maximum atomic E-state index is 6.34. The lowest BCUT2D eigenvalue weighted by Gasteiger charge is -2.14. The van der Waals surface area contributed by atoms with E-state index in [0.29, 0.717) is 0 Å². The molecule has 0 amide bonds. The number of aryl methyl sites for hydroxylation is 1. The van der Waals surface area contributed by atoms with Crippen molar-refractivity contribution in [3.8, 4) is 0 Å². The van der Waals surface area contributed by atoms with Crippen molar-refractivity contribution < 1.29 is 0 Å². The maximum absolute atomic E-state index is 6.34. The third kappa shape index (κ3) is 1.67. The lowest BCUT2D eigenvalue weighted by molar-refractivity contribution is 0.750. The highest BCUT2D eigenvalue weighted by atomic mass is 15.0. The Bertz CT molecular complexity index is 682. The highest BCUT2D eigenvalue weighted by molar-refractivity contribution is 5.85. The summed E-state index contributed by atoms with van der Waals surface area (Å²) >= 11 is 0. The number of hydrogen-bond acceptors (Lipinski definition) is 3. The molecule has 0 aliphatic heterocycles. The number of nitrogens with two attached hydrogens (primary N) is 1. The van der Waals surface area contributed by atoms with Gasteiger partial charge >= 0.3 is 0 Å². The van der Waals surface area contributed by atoms with Gasteiger partial charge in [-0.25, -0.2) is 4.98 Å². The number of rotatable bonds is 2. The van der Waals surface area contributed by atoms with E-state index >= 15 is 0 Å². The van der Waals surface area contributed by atoms with Crippen molar-refractivity contribution in [2.75, 3.05) is 0 Å². The van der Waals surface area contributed by atoms with Crippen LogP contribution in [0.3, 0.4) is 0 Å². The first-order valence-corrected chi connectivity index (χ1v) is 5.82. The third-order valence-corrected chi connectivity index (χ3v) is 3.23. The van der Waals surface area contributed by atoms with Crippen LogP contribution in [0.15, 0.2) is 49.2 Å². The molecule has 0 saturated heterocycles. The Morgan fingerprint density at radius 3 is 2.83 bits per heavy atom. The van der Waals surface area contributed by atoms with Crippen LogP contribution in [0.1, 0.15) is 17.3 Å². The average Bonchev–Trinajstić information content (AvgIpc) is 2.83. The lowest BCUT2D eigenvalue weighted by Crippen LogP contribution is -2.15. The maximum Gasteiger partial charge on any atom is 0.0946 e. The zero-order valence-electron chi connectivity index (χ0n) is 10.1. The number of pyridine rings is 1. The van der Waals surface area contributed by atoms with Crippen molar-refractivity contribution in [1.29, 1.82) is 0 Å². The Morgan fingerprint density at radius 1 is 1.17 bits per heavy atom. The van der Waals surface area contributed by atoms with Gasteiger partial charge in [-0.3, -0.25) is 4.98 Å². The molecule has 2 N–H and O–H groups in total. The van der Waals surface area contributed by atoms with E-state index in [4.69, 9.17) is 5.73 Å². The van der Waals surface area contributed by atoms with Crippen molar-refractivity contribution in [2.24, 2.45) is 12.8 Å². The van der Waals surface area contributed by atoms with Gasteiger partial charge in [-0.1, -0.05) is 18.2 Å². The predicted octanol–water partition coefficient (Wildman–Crippen LogP) is 2.02. The molecule has 90 valence electrons. The van der Waals surface area contributed by atoms with E-state index in [1.807, 2.05) is 36.0 Å². The second kappa shape index (κ2) is 4.23. The highest BCUT2D eigenvalue weighted by Crippen LogP contribution is 2.26. The van der Waals surface area contributed by atoms with Crippen LogP contribution < -0.4 is 5.73 Å². The van der Waals surface area contributed by atoms with E-state index in [9.17, 15) is 0 Å². The Kier molecular flexibility index (Phi) is 2.57. The second-order valence-electron chi connectivity index (χ2n) is 4.35. The molecule has 2 heterocycles. The Hall–Kier alpha value is -2.20. The van der Waals surface area contributed by atoms with Crippen LogP contribution in [0.4, 0.5) is 0 Å². The summed E-state index contributed by atoms with van der Waals surface area (Å²) in [5.41, 5.74) is 8.40. The summed E-state index contributed by atoms with van der Waals surface area (Å²) in [6.45, 7) is 0. The zero-order chi connectivity index (χ0) is 12.5. The SMILES string of the molecule is Cn1cncc1C(N)c1cccc2ccncc12. The summed E-state index contributed by atoms with van der Waals surface area (Å²) in [5.74, 6) is 0. The molecule has 1 atom stereocenters. The summed E-state index contributed by atoms with van der Waals surface area (Å²) < 4.78 is 1.94. The van der Waals surface area contributed by atoms with E-state index in [-0.39, 0.29) is 6.04 Å². The number of imidazole rings is 1. The van der Waals surface area contributed by atoms with Gasteiger partial charge in [0, 0.05) is 24.8 Å². The van der Waals surface area contributed by atoms with Gasteiger partial charge in [0.1, 0.15) is 0 Å². The van der Waals surface area contributed by atoms with Crippen LogP contribution >= 0.6 is 0 Å². The first kappa shape index (κ1) is 10.9. The van der Waals surface area contributed by atoms with Gasteiger partial charge in [-0.2, -0.15) is 0 Å². The van der Waals surface area contributed by atoms with E-state index in [1.165, 1.54) is 0 Å². The average molecular weight is 238 g/mol. The number of aromatic nitrogens is 3. The lowest BCUT2D eigenvalue weighted by atomic mass is 9.99. The molecule has 0 radical (unpaired) electrons. The summed E-state index contributed by atoms with van der Waals surface area (Å²) in [4.78, 5) is 8.30. The van der Waals surface area contributed by atoms with Gasteiger partial charge in [0.05, 0.1) is 24.3 Å². The van der Waals surface area contributed by atoms with Crippen molar-refractivity contribution in [2.45, 2.75) is 6.04 Å². The molecule has 1 aromatic carbocycles. The van der Waals surface area contributed by atoms with E-state index < -0.39 is 0 Å².